The van der Waals surface area contributed by atoms with E-state index in [1.54, 1.807) is 0 Å². The Morgan fingerprint density at radius 3 is 2.78 bits per heavy atom. The molecule has 18 heavy (non-hydrogen) atoms. The second kappa shape index (κ2) is 4.86. The summed E-state index contributed by atoms with van der Waals surface area (Å²) in [6.45, 7) is 3.94. The van der Waals surface area contributed by atoms with Gasteiger partial charge < -0.3 is 5.32 Å². The Bertz CT molecular complexity index is 440. The Morgan fingerprint density at radius 2 is 2.22 bits per heavy atom. The summed E-state index contributed by atoms with van der Waals surface area (Å²) in [4.78, 5) is 0. The van der Waals surface area contributed by atoms with Crippen LogP contribution in [0.25, 0.3) is 0 Å². The number of hydrogen-bond donors (Lipinski definition) is 1. The number of hydrogen-bond acceptors (Lipinski definition) is 2. The monoisotopic (exact) mass is 267 g/mol. The van der Waals surface area contributed by atoms with Crippen LogP contribution in [-0.4, -0.2) is 16.3 Å². The number of fused-ring (bicyclic) bond motifs is 2. The highest BCUT2D eigenvalue weighted by molar-refractivity contribution is 6.31. The Balaban J connectivity index is 1.53. The molecule has 0 saturated heterocycles. The van der Waals surface area contributed by atoms with Gasteiger partial charge in [-0.25, -0.2) is 0 Å². The molecule has 1 heterocycles. The summed E-state index contributed by atoms with van der Waals surface area (Å²) in [7, 11) is 1.97. The minimum Gasteiger partial charge on any atom is -0.311 e. The molecule has 3 atom stereocenters. The summed E-state index contributed by atoms with van der Waals surface area (Å²) in [6.07, 6.45) is 5.87. The average molecular weight is 268 g/mol. The van der Waals surface area contributed by atoms with Crippen molar-refractivity contribution in [1.29, 1.82) is 0 Å². The van der Waals surface area contributed by atoms with Crippen molar-refractivity contribution in [3.63, 3.8) is 0 Å². The molecule has 0 aromatic carbocycles. The minimum atomic E-state index is 0.818. The van der Waals surface area contributed by atoms with Crippen LogP contribution in [0.3, 0.4) is 0 Å². The molecule has 3 unspecified atom stereocenters. The molecular formula is C14H22ClN3. The van der Waals surface area contributed by atoms with Crippen molar-refractivity contribution in [2.45, 2.75) is 39.2 Å². The molecule has 0 spiro atoms. The zero-order valence-electron chi connectivity index (χ0n) is 11.2. The number of halogens is 1. The van der Waals surface area contributed by atoms with Gasteiger partial charge in [0, 0.05) is 13.6 Å². The van der Waals surface area contributed by atoms with E-state index >= 15 is 0 Å². The normalized spacial score (nSPS) is 30.3. The third kappa shape index (κ3) is 2.19. The SMILES string of the molecule is Cc1nn(C)c(CNCC2CC3CCC2C3)c1Cl. The van der Waals surface area contributed by atoms with Gasteiger partial charge in [-0.2, -0.15) is 5.10 Å². The predicted octanol–water partition coefficient (Wildman–Crippen LogP) is 2.91. The zero-order chi connectivity index (χ0) is 12.7. The molecule has 2 bridgehead atoms. The standard InChI is InChI=1S/C14H22ClN3/c1-9-14(15)13(18(2)17-9)8-16-7-12-6-10-3-4-11(12)5-10/h10-12,16H,3-8H2,1-2H3. The quantitative estimate of drug-likeness (QED) is 0.909. The lowest BCUT2D eigenvalue weighted by Gasteiger charge is -2.21. The van der Waals surface area contributed by atoms with Crippen molar-refractivity contribution in [2.75, 3.05) is 6.54 Å². The molecule has 0 amide bonds. The Labute approximate surface area is 114 Å². The molecule has 4 heteroatoms. The van der Waals surface area contributed by atoms with E-state index in [0.29, 0.717) is 0 Å². The molecule has 0 aliphatic heterocycles. The molecule has 1 aromatic heterocycles. The van der Waals surface area contributed by atoms with E-state index in [-0.39, 0.29) is 0 Å². The summed E-state index contributed by atoms with van der Waals surface area (Å²) in [5.41, 5.74) is 2.04. The third-order valence-electron chi connectivity index (χ3n) is 4.85. The molecular weight excluding hydrogens is 246 g/mol. The highest BCUT2D eigenvalue weighted by Gasteiger charge is 2.38. The second-order valence-corrected chi connectivity index (χ2v) is 6.41. The van der Waals surface area contributed by atoms with Gasteiger partial charge in [0.1, 0.15) is 0 Å². The van der Waals surface area contributed by atoms with Gasteiger partial charge in [0.2, 0.25) is 0 Å². The van der Waals surface area contributed by atoms with Gasteiger partial charge >= 0.3 is 0 Å². The first-order valence-electron chi connectivity index (χ1n) is 7.04. The number of nitrogens with one attached hydrogen (secondary N) is 1. The molecule has 2 saturated carbocycles. The molecule has 3 nitrogen and oxygen atoms in total. The Morgan fingerprint density at radius 1 is 1.39 bits per heavy atom. The van der Waals surface area contributed by atoms with E-state index in [1.807, 2.05) is 18.7 Å². The fourth-order valence-electron chi connectivity index (χ4n) is 3.87. The van der Waals surface area contributed by atoms with Crippen molar-refractivity contribution < 1.29 is 0 Å². The van der Waals surface area contributed by atoms with Crippen molar-refractivity contribution in [3.8, 4) is 0 Å². The fourth-order valence-corrected chi connectivity index (χ4v) is 4.10. The van der Waals surface area contributed by atoms with Gasteiger partial charge in [-0.3, -0.25) is 4.68 Å². The van der Waals surface area contributed by atoms with Crippen LogP contribution in [0.4, 0.5) is 0 Å². The van der Waals surface area contributed by atoms with Crippen LogP contribution >= 0.6 is 11.6 Å². The van der Waals surface area contributed by atoms with Crippen molar-refractivity contribution >= 4 is 11.6 Å². The number of aryl methyl sites for hydroxylation is 2. The Kier molecular flexibility index (Phi) is 3.37. The zero-order valence-corrected chi connectivity index (χ0v) is 12.0. The van der Waals surface area contributed by atoms with Gasteiger partial charge in [-0.15, -0.1) is 0 Å². The van der Waals surface area contributed by atoms with Crippen LogP contribution in [0.15, 0.2) is 0 Å². The van der Waals surface area contributed by atoms with Gasteiger partial charge in [0.25, 0.3) is 0 Å². The maximum atomic E-state index is 6.25. The molecule has 2 fully saturated rings. The molecule has 100 valence electrons. The number of aromatic nitrogens is 2. The lowest BCUT2D eigenvalue weighted by Crippen LogP contribution is -2.27. The minimum absolute atomic E-state index is 0.818. The lowest BCUT2D eigenvalue weighted by molar-refractivity contribution is 0.317. The molecule has 1 aromatic rings. The maximum Gasteiger partial charge on any atom is 0.0860 e. The van der Waals surface area contributed by atoms with Crippen LogP contribution in [0, 0.1) is 24.7 Å². The van der Waals surface area contributed by atoms with Gasteiger partial charge in [-0.1, -0.05) is 18.0 Å². The van der Waals surface area contributed by atoms with E-state index < -0.39 is 0 Å². The topological polar surface area (TPSA) is 29.9 Å². The van der Waals surface area contributed by atoms with Crippen molar-refractivity contribution in [3.05, 3.63) is 16.4 Å². The summed E-state index contributed by atoms with van der Waals surface area (Å²) in [5.74, 6) is 2.92. The third-order valence-corrected chi connectivity index (χ3v) is 5.34. The summed E-state index contributed by atoms with van der Waals surface area (Å²) in [5, 5.41) is 8.74. The molecule has 2 aliphatic rings. The van der Waals surface area contributed by atoms with Gasteiger partial charge in [0.05, 0.1) is 16.4 Å². The molecule has 1 N–H and O–H groups in total. The second-order valence-electron chi connectivity index (χ2n) is 6.04. The summed E-state index contributed by atoms with van der Waals surface area (Å²) >= 11 is 6.25. The molecule has 0 radical (unpaired) electrons. The first-order valence-corrected chi connectivity index (χ1v) is 7.41. The van der Waals surface area contributed by atoms with Crippen LogP contribution < -0.4 is 5.32 Å². The van der Waals surface area contributed by atoms with Gasteiger partial charge in [-0.05, 0) is 50.5 Å². The van der Waals surface area contributed by atoms with E-state index in [1.165, 1.54) is 25.7 Å². The fraction of sp³-hybridized carbons (Fsp3) is 0.786. The smallest absolute Gasteiger partial charge is 0.0860 e. The Hall–Kier alpha value is -0.540. The van der Waals surface area contributed by atoms with Crippen molar-refractivity contribution in [2.24, 2.45) is 24.8 Å². The summed E-state index contributed by atoms with van der Waals surface area (Å²) < 4.78 is 1.89. The van der Waals surface area contributed by atoms with Crippen LogP contribution in [0.1, 0.15) is 37.1 Å². The lowest BCUT2D eigenvalue weighted by atomic mass is 9.89. The molecule has 2 aliphatic carbocycles. The summed E-state index contributed by atoms with van der Waals surface area (Å²) in [6, 6.07) is 0. The van der Waals surface area contributed by atoms with E-state index in [9.17, 15) is 0 Å². The largest absolute Gasteiger partial charge is 0.311 e. The predicted molar refractivity (Wildman–Crippen MR) is 73.6 cm³/mol. The van der Waals surface area contributed by atoms with Crippen LogP contribution in [-0.2, 0) is 13.6 Å². The van der Waals surface area contributed by atoms with Crippen molar-refractivity contribution in [1.82, 2.24) is 15.1 Å². The van der Waals surface area contributed by atoms with Gasteiger partial charge in [0.15, 0.2) is 0 Å². The number of nitrogens with zero attached hydrogens (tertiary/aromatic N) is 2. The van der Waals surface area contributed by atoms with Crippen LogP contribution in [0.5, 0.6) is 0 Å². The van der Waals surface area contributed by atoms with E-state index in [2.05, 4.69) is 10.4 Å². The number of rotatable bonds is 4. The molecule has 3 rings (SSSR count). The van der Waals surface area contributed by atoms with Crippen LogP contribution in [0.2, 0.25) is 5.02 Å². The van der Waals surface area contributed by atoms with E-state index in [0.717, 1.165) is 47.3 Å². The van der Waals surface area contributed by atoms with E-state index in [4.69, 9.17) is 11.6 Å². The first kappa shape index (κ1) is 12.5. The highest BCUT2D eigenvalue weighted by atomic mass is 35.5. The average Bonchev–Trinajstić information content (AvgIpc) is 3.00. The maximum absolute atomic E-state index is 6.25. The highest BCUT2D eigenvalue weighted by Crippen LogP contribution is 2.47. The first-order chi connectivity index (χ1) is 8.65.